The van der Waals surface area contributed by atoms with Crippen LogP contribution in [0.15, 0.2) is 42.5 Å². The maximum Gasteiger partial charge on any atom is 0.258 e. The number of nitrogens with two attached hydrogens (primary N) is 1. The number of nitrogen functional groups attached to an aromatic ring is 1. The number of hydrogen-bond donors (Lipinski definition) is 2. The minimum Gasteiger partial charge on any atom is -0.494 e. The molecule has 0 aliphatic heterocycles. The van der Waals surface area contributed by atoms with E-state index in [1.165, 1.54) is 5.56 Å². The van der Waals surface area contributed by atoms with Crippen LogP contribution in [-0.2, 0) is 11.2 Å². The van der Waals surface area contributed by atoms with E-state index in [4.69, 9.17) is 15.2 Å². The van der Waals surface area contributed by atoms with Crippen molar-refractivity contribution >= 4 is 24.0 Å². The Balaban J connectivity index is 0.00000261. The molecule has 5 nitrogen and oxygen atoms in total. The highest BCUT2D eigenvalue weighted by Gasteiger charge is 2.22. The number of ether oxygens (including phenoxy) is 2. The van der Waals surface area contributed by atoms with E-state index in [9.17, 15) is 4.79 Å². The lowest BCUT2D eigenvalue weighted by Crippen LogP contribution is -2.34. The van der Waals surface area contributed by atoms with Crippen molar-refractivity contribution in [2.75, 3.05) is 18.9 Å². The van der Waals surface area contributed by atoms with Gasteiger partial charge in [0.25, 0.3) is 5.91 Å². The monoisotopic (exact) mass is 390 g/mol. The van der Waals surface area contributed by atoms with Crippen molar-refractivity contribution in [1.29, 1.82) is 0 Å². The van der Waals surface area contributed by atoms with Crippen LogP contribution in [-0.4, -0.2) is 19.1 Å². The van der Waals surface area contributed by atoms with E-state index in [-0.39, 0.29) is 31.0 Å². The van der Waals surface area contributed by atoms with Crippen LogP contribution in [0.4, 0.5) is 5.69 Å². The summed E-state index contributed by atoms with van der Waals surface area (Å²) < 4.78 is 11.1. The number of rotatable bonds is 7. The van der Waals surface area contributed by atoms with Crippen molar-refractivity contribution in [3.8, 4) is 11.5 Å². The number of halogens is 1. The maximum absolute atomic E-state index is 12.3. The normalized spacial score (nSPS) is 15.2. The van der Waals surface area contributed by atoms with Gasteiger partial charge in [-0.25, -0.2) is 0 Å². The van der Waals surface area contributed by atoms with E-state index in [2.05, 4.69) is 12.2 Å². The second-order valence-electron chi connectivity index (χ2n) is 6.58. The molecule has 0 radical (unpaired) electrons. The topological polar surface area (TPSA) is 73.6 Å². The van der Waals surface area contributed by atoms with E-state index in [1.807, 2.05) is 42.5 Å². The van der Waals surface area contributed by atoms with Gasteiger partial charge in [0, 0.05) is 5.69 Å². The summed E-state index contributed by atoms with van der Waals surface area (Å²) in [5.41, 5.74) is 9.02. The van der Waals surface area contributed by atoms with Crippen molar-refractivity contribution in [3.05, 3.63) is 53.6 Å². The molecule has 1 aliphatic carbocycles. The fraction of sp³-hybridized carbons (Fsp3) is 0.381. The molecular weight excluding hydrogens is 364 g/mol. The SMILES string of the molecule is CCCOc1ccc(OCC(=O)NC2CCCc3cc(N)ccc32)cc1.Cl. The molecule has 3 rings (SSSR count). The summed E-state index contributed by atoms with van der Waals surface area (Å²) in [6.45, 7) is 2.75. The molecule has 2 aromatic rings. The van der Waals surface area contributed by atoms with Crippen LogP contribution in [0.1, 0.15) is 43.4 Å². The van der Waals surface area contributed by atoms with Gasteiger partial charge in [-0.15, -0.1) is 12.4 Å². The van der Waals surface area contributed by atoms with Crippen LogP contribution in [0.2, 0.25) is 0 Å². The van der Waals surface area contributed by atoms with Crippen molar-refractivity contribution < 1.29 is 14.3 Å². The molecule has 0 aromatic heterocycles. The van der Waals surface area contributed by atoms with Gasteiger partial charge < -0.3 is 20.5 Å². The van der Waals surface area contributed by atoms with E-state index >= 15 is 0 Å². The first-order valence-corrected chi connectivity index (χ1v) is 9.19. The van der Waals surface area contributed by atoms with Gasteiger partial charge in [0.15, 0.2) is 6.61 Å². The van der Waals surface area contributed by atoms with Crippen LogP contribution in [0.3, 0.4) is 0 Å². The third-order valence-electron chi connectivity index (χ3n) is 4.48. The average Bonchev–Trinajstić information content (AvgIpc) is 2.65. The number of amides is 1. The molecule has 1 aliphatic rings. The molecule has 0 heterocycles. The number of carbonyl (C=O) groups excluding carboxylic acids is 1. The Kier molecular flexibility index (Phi) is 7.80. The third kappa shape index (κ3) is 5.79. The minimum absolute atomic E-state index is 0. The van der Waals surface area contributed by atoms with Gasteiger partial charge in [-0.05, 0) is 73.2 Å². The molecule has 6 heteroatoms. The number of nitrogens with one attached hydrogen (secondary N) is 1. The van der Waals surface area contributed by atoms with Crippen LogP contribution in [0, 0.1) is 0 Å². The quantitative estimate of drug-likeness (QED) is 0.699. The standard InChI is InChI=1S/C21H26N2O3.ClH/c1-2-12-25-17-7-9-18(10-8-17)26-14-21(24)23-20-5-3-4-15-13-16(22)6-11-19(15)20;/h6-11,13,20H,2-5,12,14,22H2,1H3,(H,23,24);1H. The summed E-state index contributed by atoms with van der Waals surface area (Å²) in [5.74, 6) is 1.34. The molecule has 1 amide bonds. The molecule has 27 heavy (non-hydrogen) atoms. The van der Waals surface area contributed by atoms with Crippen molar-refractivity contribution in [2.24, 2.45) is 0 Å². The highest BCUT2D eigenvalue weighted by atomic mass is 35.5. The molecule has 0 fully saturated rings. The predicted molar refractivity (Wildman–Crippen MR) is 110 cm³/mol. The summed E-state index contributed by atoms with van der Waals surface area (Å²) in [4.78, 5) is 12.3. The summed E-state index contributed by atoms with van der Waals surface area (Å²) in [6.07, 6.45) is 3.96. The van der Waals surface area contributed by atoms with Gasteiger partial charge in [-0.3, -0.25) is 4.79 Å². The summed E-state index contributed by atoms with van der Waals surface area (Å²) in [6, 6.07) is 13.3. The Bertz CT molecular complexity index is 750. The first kappa shape index (κ1) is 20.9. The molecule has 0 spiro atoms. The van der Waals surface area contributed by atoms with Gasteiger partial charge in [0.1, 0.15) is 11.5 Å². The van der Waals surface area contributed by atoms with E-state index < -0.39 is 0 Å². The zero-order valence-corrected chi connectivity index (χ0v) is 16.4. The molecular formula is C21H27ClN2O3. The average molecular weight is 391 g/mol. The van der Waals surface area contributed by atoms with E-state index in [0.717, 1.165) is 42.7 Å². The molecule has 2 aromatic carbocycles. The smallest absolute Gasteiger partial charge is 0.258 e. The number of aryl methyl sites for hydroxylation is 1. The van der Waals surface area contributed by atoms with Crippen LogP contribution < -0.4 is 20.5 Å². The molecule has 0 saturated heterocycles. The zero-order chi connectivity index (χ0) is 18.4. The van der Waals surface area contributed by atoms with E-state index in [0.29, 0.717) is 12.4 Å². The molecule has 1 atom stereocenters. The largest absolute Gasteiger partial charge is 0.494 e. The number of carbonyl (C=O) groups is 1. The fourth-order valence-electron chi connectivity index (χ4n) is 3.22. The van der Waals surface area contributed by atoms with Gasteiger partial charge in [0.2, 0.25) is 0 Å². The Morgan fingerprint density at radius 2 is 1.85 bits per heavy atom. The van der Waals surface area contributed by atoms with Gasteiger partial charge in [-0.2, -0.15) is 0 Å². The molecule has 1 unspecified atom stereocenters. The summed E-state index contributed by atoms with van der Waals surface area (Å²) in [7, 11) is 0. The van der Waals surface area contributed by atoms with Gasteiger partial charge in [-0.1, -0.05) is 13.0 Å². The first-order chi connectivity index (χ1) is 12.7. The fourth-order valence-corrected chi connectivity index (χ4v) is 3.22. The van der Waals surface area contributed by atoms with Crippen LogP contribution in [0.5, 0.6) is 11.5 Å². The van der Waals surface area contributed by atoms with Gasteiger partial charge >= 0.3 is 0 Å². The molecule has 146 valence electrons. The van der Waals surface area contributed by atoms with Crippen molar-refractivity contribution in [2.45, 2.75) is 38.6 Å². The molecule has 0 saturated carbocycles. The highest BCUT2D eigenvalue weighted by molar-refractivity contribution is 5.85. The Morgan fingerprint density at radius 3 is 2.56 bits per heavy atom. The third-order valence-corrected chi connectivity index (χ3v) is 4.48. The van der Waals surface area contributed by atoms with Crippen LogP contribution in [0.25, 0.3) is 0 Å². The second-order valence-corrected chi connectivity index (χ2v) is 6.58. The first-order valence-electron chi connectivity index (χ1n) is 9.19. The molecule has 0 bridgehead atoms. The molecule has 3 N–H and O–H groups in total. The van der Waals surface area contributed by atoms with Crippen LogP contribution >= 0.6 is 12.4 Å². The zero-order valence-electron chi connectivity index (χ0n) is 15.6. The Morgan fingerprint density at radius 1 is 1.15 bits per heavy atom. The van der Waals surface area contributed by atoms with Crippen molar-refractivity contribution in [3.63, 3.8) is 0 Å². The van der Waals surface area contributed by atoms with Gasteiger partial charge in [0.05, 0.1) is 12.6 Å². The second kappa shape index (κ2) is 10.1. The van der Waals surface area contributed by atoms with E-state index in [1.54, 1.807) is 0 Å². The summed E-state index contributed by atoms with van der Waals surface area (Å²) in [5, 5.41) is 3.07. The summed E-state index contributed by atoms with van der Waals surface area (Å²) >= 11 is 0. The van der Waals surface area contributed by atoms with Crippen molar-refractivity contribution in [1.82, 2.24) is 5.32 Å². The minimum atomic E-state index is -0.119. The lowest BCUT2D eigenvalue weighted by atomic mass is 9.87. The Labute approximate surface area is 166 Å². The lowest BCUT2D eigenvalue weighted by Gasteiger charge is -2.26. The maximum atomic E-state index is 12.3. The Hall–Kier alpha value is -2.40. The lowest BCUT2D eigenvalue weighted by molar-refractivity contribution is -0.123. The highest BCUT2D eigenvalue weighted by Crippen LogP contribution is 2.30. The predicted octanol–water partition coefficient (Wildman–Crippen LogP) is 4.05. The number of anilines is 1. The number of hydrogen-bond acceptors (Lipinski definition) is 4. The number of benzene rings is 2. The number of fused-ring (bicyclic) bond motifs is 1.